The largest absolute Gasteiger partial charge is 0.496 e. The number of hydrogen-bond donors (Lipinski definition) is 1. The van der Waals surface area contributed by atoms with Gasteiger partial charge in [0.15, 0.2) is 0 Å². The van der Waals surface area contributed by atoms with E-state index in [1.165, 1.54) is 5.56 Å². The molecule has 0 atom stereocenters. The van der Waals surface area contributed by atoms with Gasteiger partial charge >= 0.3 is 0 Å². The maximum absolute atomic E-state index is 5.72. The van der Waals surface area contributed by atoms with Crippen LogP contribution in [-0.2, 0) is 6.42 Å². The van der Waals surface area contributed by atoms with Gasteiger partial charge in [-0.25, -0.2) is 0 Å². The van der Waals surface area contributed by atoms with E-state index in [0.29, 0.717) is 5.69 Å². The van der Waals surface area contributed by atoms with Crippen molar-refractivity contribution in [3.63, 3.8) is 0 Å². The first-order valence-corrected chi connectivity index (χ1v) is 5.52. The van der Waals surface area contributed by atoms with E-state index in [-0.39, 0.29) is 0 Å². The molecule has 2 rings (SSSR count). The summed E-state index contributed by atoms with van der Waals surface area (Å²) >= 11 is 0. The van der Waals surface area contributed by atoms with E-state index in [2.05, 4.69) is 18.0 Å². The van der Waals surface area contributed by atoms with Crippen molar-refractivity contribution in [3.05, 3.63) is 53.3 Å². The first kappa shape index (κ1) is 11.5. The fourth-order valence-corrected chi connectivity index (χ4v) is 1.87. The Labute approximate surface area is 101 Å². The predicted molar refractivity (Wildman–Crippen MR) is 69.2 cm³/mol. The van der Waals surface area contributed by atoms with Crippen LogP contribution in [0.5, 0.6) is 5.75 Å². The highest BCUT2D eigenvalue weighted by Gasteiger charge is 2.05. The molecule has 1 aromatic heterocycles. The average molecular weight is 228 g/mol. The fraction of sp³-hybridized carbons (Fsp3) is 0.214. The van der Waals surface area contributed by atoms with Gasteiger partial charge in [-0.15, -0.1) is 0 Å². The van der Waals surface area contributed by atoms with E-state index in [1.807, 2.05) is 24.4 Å². The normalized spacial score (nSPS) is 10.2. The molecule has 0 saturated carbocycles. The zero-order valence-electron chi connectivity index (χ0n) is 10.1. The number of pyridine rings is 1. The SMILES string of the molecule is COc1ccc(C)cc1Cc1cncc(N)c1. The highest BCUT2D eigenvalue weighted by molar-refractivity contribution is 5.43. The summed E-state index contributed by atoms with van der Waals surface area (Å²) in [6, 6.07) is 8.10. The Bertz CT molecular complexity index is 523. The molecule has 0 fully saturated rings. The second kappa shape index (κ2) is 4.87. The van der Waals surface area contributed by atoms with Crippen LogP contribution in [0.15, 0.2) is 36.7 Å². The number of hydrogen-bond acceptors (Lipinski definition) is 3. The average Bonchev–Trinajstić information content (AvgIpc) is 2.29. The number of methoxy groups -OCH3 is 1. The van der Waals surface area contributed by atoms with E-state index in [9.17, 15) is 0 Å². The van der Waals surface area contributed by atoms with Crippen molar-refractivity contribution in [2.45, 2.75) is 13.3 Å². The van der Waals surface area contributed by atoms with Gasteiger partial charge in [0.25, 0.3) is 0 Å². The molecule has 17 heavy (non-hydrogen) atoms. The van der Waals surface area contributed by atoms with Crippen molar-refractivity contribution in [1.82, 2.24) is 4.98 Å². The summed E-state index contributed by atoms with van der Waals surface area (Å²) in [6.07, 6.45) is 4.26. The molecule has 88 valence electrons. The summed E-state index contributed by atoms with van der Waals surface area (Å²) in [5.74, 6) is 0.901. The number of aryl methyl sites for hydroxylation is 1. The number of rotatable bonds is 3. The van der Waals surface area contributed by atoms with Crippen LogP contribution in [0.25, 0.3) is 0 Å². The Kier molecular flexibility index (Phi) is 3.28. The van der Waals surface area contributed by atoms with Crippen LogP contribution in [0.3, 0.4) is 0 Å². The molecule has 0 unspecified atom stereocenters. The van der Waals surface area contributed by atoms with Gasteiger partial charge in [-0.05, 0) is 30.2 Å². The van der Waals surface area contributed by atoms with Crippen molar-refractivity contribution in [3.8, 4) is 5.75 Å². The topological polar surface area (TPSA) is 48.1 Å². The summed E-state index contributed by atoms with van der Waals surface area (Å²) in [4.78, 5) is 4.09. The Morgan fingerprint density at radius 3 is 2.76 bits per heavy atom. The van der Waals surface area contributed by atoms with Crippen LogP contribution in [-0.4, -0.2) is 12.1 Å². The Morgan fingerprint density at radius 2 is 2.06 bits per heavy atom. The molecule has 1 aromatic carbocycles. The lowest BCUT2D eigenvalue weighted by Gasteiger charge is -2.09. The number of nitrogen functional groups attached to an aromatic ring is 1. The molecule has 0 spiro atoms. The third-order valence-electron chi connectivity index (χ3n) is 2.65. The third-order valence-corrected chi connectivity index (χ3v) is 2.65. The smallest absolute Gasteiger partial charge is 0.122 e. The van der Waals surface area contributed by atoms with E-state index in [1.54, 1.807) is 13.3 Å². The van der Waals surface area contributed by atoms with Crippen LogP contribution in [0.4, 0.5) is 5.69 Å². The predicted octanol–water partition coefficient (Wildman–Crippen LogP) is 2.57. The molecule has 0 saturated heterocycles. The van der Waals surface area contributed by atoms with E-state index >= 15 is 0 Å². The Balaban J connectivity index is 2.32. The first-order chi connectivity index (χ1) is 8.19. The van der Waals surface area contributed by atoms with Gasteiger partial charge in [-0.1, -0.05) is 17.7 Å². The number of anilines is 1. The zero-order valence-corrected chi connectivity index (χ0v) is 10.1. The van der Waals surface area contributed by atoms with E-state index in [4.69, 9.17) is 10.5 Å². The Morgan fingerprint density at radius 1 is 1.24 bits per heavy atom. The molecule has 0 bridgehead atoms. The second-order valence-corrected chi connectivity index (χ2v) is 4.12. The molecular formula is C14H16N2O. The summed E-state index contributed by atoms with van der Waals surface area (Å²) in [6.45, 7) is 2.07. The quantitative estimate of drug-likeness (QED) is 0.878. The van der Waals surface area contributed by atoms with Crippen LogP contribution in [0.1, 0.15) is 16.7 Å². The van der Waals surface area contributed by atoms with Crippen LogP contribution >= 0.6 is 0 Å². The number of ether oxygens (including phenoxy) is 1. The van der Waals surface area contributed by atoms with Gasteiger partial charge < -0.3 is 10.5 Å². The standard InChI is InChI=1S/C14H16N2O/c1-10-3-4-14(17-2)12(5-10)6-11-7-13(15)9-16-8-11/h3-5,7-9H,6,15H2,1-2H3. The van der Waals surface area contributed by atoms with Gasteiger partial charge in [0.2, 0.25) is 0 Å². The molecule has 2 aromatic rings. The minimum Gasteiger partial charge on any atom is -0.496 e. The third kappa shape index (κ3) is 2.75. The van der Waals surface area contributed by atoms with Gasteiger partial charge in [0.1, 0.15) is 5.75 Å². The van der Waals surface area contributed by atoms with Crippen molar-refractivity contribution in [2.24, 2.45) is 0 Å². The lowest BCUT2D eigenvalue weighted by molar-refractivity contribution is 0.410. The highest BCUT2D eigenvalue weighted by atomic mass is 16.5. The molecule has 0 radical (unpaired) electrons. The zero-order chi connectivity index (χ0) is 12.3. The molecule has 0 amide bonds. The number of nitrogens with two attached hydrogens (primary N) is 1. The number of benzene rings is 1. The molecule has 3 nitrogen and oxygen atoms in total. The molecule has 0 aliphatic rings. The van der Waals surface area contributed by atoms with Crippen molar-refractivity contribution in [2.75, 3.05) is 12.8 Å². The molecular weight excluding hydrogens is 212 g/mol. The fourth-order valence-electron chi connectivity index (χ4n) is 1.87. The first-order valence-electron chi connectivity index (χ1n) is 5.52. The van der Waals surface area contributed by atoms with E-state index < -0.39 is 0 Å². The molecule has 3 heteroatoms. The highest BCUT2D eigenvalue weighted by Crippen LogP contribution is 2.23. The van der Waals surface area contributed by atoms with Crippen LogP contribution in [0, 0.1) is 6.92 Å². The summed E-state index contributed by atoms with van der Waals surface area (Å²) < 4.78 is 5.35. The van der Waals surface area contributed by atoms with Crippen LogP contribution < -0.4 is 10.5 Å². The molecule has 1 heterocycles. The van der Waals surface area contributed by atoms with Gasteiger partial charge in [0, 0.05) is 18.8 Å². The van der Waals surface area contributed by atoms with Gasteiger partial charge in [0.05, 0.1) is 12.8 Å². The second-order valence-electron chi connectivity index (χ2n) is 4.12. The van der Waals surface area contributed by atoms with E-state index in [0.717, 1.165) is 23.3 Å². The number of aromatic nitrogens is 1. The van der Waals surface area contributed by atoms with Crippen molar-refractivity contribution < 1.29 is 4.74 Å². The monoisotopic (exact) mass is 228 g/mol. The lowest BCUT2D eigenvalue weighted by Crippen LogP contribution is -1.96. The molecule has 0 aliphatic carbocycles. The number of nitrogens with zero attached hydrogens (tertiary/aromatic N) is 1. The minimum absolute atomic E-state index is 0.689. The molecule has 0 aliphatic heterocycles. The lowest BCUT2D eigenvalue weighted by atomic mass is 10.0. The summed E-state index contributed by atoms with van der Waals surface area (Å²) in [5, 5.41) is 0. The Hall–Kier alpha value is -2.03. The van der Waals surface area contributed by atoms with Crippen LogP contribution in [0.2, 0.25) is 0 Å². The van der Waals surface area contributed by atoms with Gasteiger partial charge in [-0.3, -0.25) is 4.98 Å². The van der Waals surface area contributed by atoms with Crippen molar-refractivity contribution >= 4 is 5.69 Å². The minimum atomic E-state index is 0.689. The maximum Gasteiger partial charge on any atom is 0.122 e. The maximum atomic E-state index is 5.72. The summed E-state index contributed by atoms with van der Waals surface area (Å²) in [5.41, 5.74) is 9.87. The van der Waals surface area contributed by atoms with Crippen molar-refractivity contribution in [1.29, 1.82) is 0 Å². The van der Waals surface area contributed by atoms with Gasteiger partial charge in [-0.2, -0.15) is 0 Å². The molecule has 2 N–H and O–H groups in total. The summed E-state index contributed by atoms with van der Waals surface area (Å²) in [7, 11) is 1.69.